The molecule has 0 fully saturated rings. The number of carbonyl (C=O) groups excluding carboxylic acids is 1. The van der Waals surface area contributed by atoms with Crippen molar-refractivity contribution in [3.63, 3.8) is 0 Å². The summed E-state index contributed by atoms with van der Waals surface area (Å²) in [6.45, 7) is 1.92. The fraction of sp³-hybridized carbons (Fsp3) is 0.222. The molecule has 1 unspecified atom stereocenters. The number of nitrogens with one attached hydrogen (secondary N) is 1. The number of aliphatic carboxylic acids is 1. The highest BCUT2D eigenvalue weighted by molar-refractivity contribution is 6.31. The van der Waals surface area contributed by atoms with Gasteiger partial charge in [-0.1, -0.05) is 54.1 Å². The number of halogens is 1. The highest BCUT2D eigenvalue weighted by Crippen LogP contribution is 2.17. The van der Waals surface area contributed by atoms with Crippen LogP contribution in [0.1, 0.15) is 16.7 Å². The summed E-state index contributed by atoms with van der Waals surface area (Å²) in [5.74, 6) is -1.13. The van der Waals surface area contributed by atoms with Gasteiger partial charge >= 0.3 is 12.1 Å². The van der Waals surface area contributed by atoms with Gasteiger partial charge in [-0.2, -0.15) is 0 Å². The van der Waals surface area contributed by atoms with Crippen molar-refractivity contribution >= 4 is 23.7 Å². The van der Waals surface area contributed by atoms with Gasteiger partial charge in [0.25, 0.3) is 0 Å². The molecule has 1 amide bonds. The van der Waals surface area contributed by atoms with Crippen LogP contribution in [0, 0.1) is 6.92 Å². The first-order valence-electron chi connectivity index (χ1n) is 7.41. The van der Waals surface area contributed by atoms with Crippen molar-refractivity contribution in [2.45, 2.75) is 26.0 Å². The maximum atomic E-state index is 11.8. The summed E-state index contributed by atoms with van der Waals surface area (Å²) in [6, 6.07) is 13.3. The maximum absolute atomic E-state index is 11.8. The summed E-state index contributed by atoms with van der Waals surface area (Å²) in [5.41, 5.74) is 2.45. The van der Waals surface area contributed by atoms with E-state index >= 15 is 0 Å². The molecule has 0 spiro atoms. The number of ether oxygens (including phenoxy) is 1. The number of hydrogen-bond acceptors (Lipinski definition) is 3. The van der Waals surface area contributed by atoms with E-state index in [1.54, 1.807) is 18.2 Å². The molecule has 2 N–H and O–H groups in total. The van der Waals surface area contributed by atoms with E-state index in [2.05, 4.69) is 5.32 Å². The molecule has 5 nitrogen and oxygen atoms in total. The standard InChI is InChI=1S/C18H18ClNO4/c1-12-9-14(7-8-15(12)19)10-16(17(21)22)20-18(23)24-11-13-5-3-2-4-6-13/h2-9,16H,10-11H2,1H3,(H,20,23)(H,21,22). The van der Waals surface area contributed by atoms with Crippen LogP contribution in [-0.4, -0.2) is 23.2 Å². The van der Waals surface area contributed by atoms with E-state index in [9.17, 15) is 14.7 Å². The summed E-state index contributed by atoms with van der Waals surface area (Å²) in [7, 11) is 0. The van der Waals surface area contributed by atoms with Gasteiger partial charge in [0.05, 0.1) is 0 Å². The first-order valence-corrected chi connectivity index (χ1v) is 7.78. The molecule has 0 aliphatic heterocycles. The minimum atomic E-state index is -1.13. The number of aryl methyl sites for hydroxylation is 1. The third-order valence-electron chi connectivity index (χ3n) is 3.47. The Kier molecular flexibility index (Phi) is 6.21. The molecule has 2 aromatic carbocycles. The molecule has 0 saturated carbocycles. The first kappa shape index (κ1) is 17.8. The lowest BCUT2D eigenvalue weighted by molar-refractivity contribution is -0.139. The number of alkyl carbamates (subject to hydrolysis) is 1. The molecule has 0 aromatic heterocycles. The lowest BCUT2D eigenvalue weighted by atomic mass is 10.0. The largest absolute Gasteiger partial charge is 0.480 e. The molecular formula is C18H18ClNO4. The average molecular weight is 348 g/mol. The number of carboxylic acids is 1. The lowest BCUT2D eigenvalue weighted by Gasteiger charge is -2.15. The minimum absolute atomic E-state index is 0.0824. The average Bonchev–Trinajstić information content (AvgIpc) is 2.56. The molecule has 0 radical (unpaired) electrons. The van der Waals surface area contributed by atoms with E-state index in [0.29, 0.717) is 5.02 Å². The van der Waals surface area contributed by atoms with Gasteiger partial charge in [-0.15, -0.1) is 0 Å². The first-order chi connectivity index (χ1) is 11.5. The predicted octanol–water partition coefficient (Wildman–Crippen LogP) is 3.57. The van der Waals surface area contributed by atoms with Gasteiger partial charge in [-0.3, -0.25) is 0 Å². The van der Waals surface area contributed by atoms with Crippen molar-refractivity contribution in [2.24, 2.45) is 0 Å². The van der Waals surface area contributed by atoms with Gasteiger partial charge in [0, 0.05) is 11.4 Å². The Labute approximate surface area is 145 Å². The van der Waals surface area contributed by atoms with Crippen LogP contribution in [0.2, 0.25) is 5.02 Å². The van der Waals surface area contributed by atoms with Gasteiger partial charge in [-0.25, -0.2) is 9.59 Å². The van der Waals surface area contributed by atoms with E-state index in [1.807, 2.05) is 37.3 Å². The van der Waals surface area contributed by atoms with E-state index in [1.165, 1.54) is 0 Å². The zero-order valence-electron chi connectivity index (χ0n) is 13.2. The third kappa shape index (κ3) is 5.28. The smallest absolute Gasteiger partial charge is 0.408 e. The predicted molar refractivity (Wildman–Crippen MR) is 91.1 cm³/mol. The zero-order chi connectivity index (χ0) is 17.5. The van der Waals surface area contributed by atoms with Crippen LogP contribution >= 0.6 is 11.6 Å². The van der Waals surface area contributed by atoms with Crippen molar-refractivity contribution in [1.29, 1.82) is 0 Å². The van der Waals surface area contributed by atoms with Crippen LogP contribution in [0.5, 0.6) is 0 Å². The van der Waals surface area contributed by atoms with Crippen LogP contribution in [0.15, 0.2) is 48.5 Å². The Hall–Kier alpha value is -2.53. The number of hydrogen-bond donors (Lipinski definition) is 2. The zero-order valence-corrected chi connectivity index (χ0v) is 13.9. The molecule has 6 heteroatoms. The van der Waals surface area contributed by atoms with Gasteiger partial charge < -0.3 is 15.2 Å². The second kappa shape index (κ2) is 8.36. The molecule has 1 atom stereocenters. The second-order valence-electron chi connectivity index (χ2n) is 5.38. The molecule has 0 bridgehead atoms. The highest BCUT2D eigenvalue weighted by Gasteiger charge is 2.21. The van der Waals surface area contributed by atoms with Crippen molar-refractivity contribution in [3.8, 4) is 0 Å². The summed E-state index contributed by atoms with van der Waals surface area (Å²) in [5, 5.41) is 12.3. The Morgan fingerprint density at radius 1 is 1.17 bits per heavy atom. The molecule has 24 heavy (non-hydrogen) atoms. The highest BCUT2D eigenvalue weighted by atomic mass is 35.5. The Bertz CT molecular complexity index is 718. The molecular weight excluding hydrogens is 330 g/mol. The van der Waals surface area contributed by atoms with Crippen molar-refractivity contribution in [2.75, 3.05) is 0 Å². The summed E-state index contributed by atoms with van der Waals surface area (Å²) < 4.78 is 5.05. The Balaban J connectivity index is 1.93. The van der Waals surface area contributed by atoms with Crippen LogP contribution < -0.4 is 5.32 Å². The van der Waals surface area contributed by atoms with E-state index in [-0.39, 0.29) is 13.0 Å². The molecule has 126 valence electrons. The van der Waals surface area contributed by atoms with Crippen molar-refractivity contribution < 1.29 is 19.4 Å². The number of carboxylic acid groups (broad SMARTS) is 1. The monoisotopic (exact) mass is 347 g/mol. The fourth-order valence-corrected chi connectivity index (χ4v) is 2.29. The van der Waals surface area contributed by atoms with Crippen molar-refractivity contribution in [3.05, 3.63) is 70.2 Å². The molecule has 2 aromatic rings. The second-order valence-corrected chi connectivity index (χ2v) is 5.79. The van der Waals surface area contributed by atoms with Gasteiger partial charge in [0.2, 0.25) is 0 Å². The lowest BCUT2D eigenvalue weighted by Crippen LogP contribution is -2.42. The maximum Gasteiger partial charge on any atom is 0.408 e. The van der Waals surface area contributed by atoms with E-state index in [4.69, 9.17) is 16.3 Å². The fourth-order valence-electron chi connectivity index (χ4n) is 2.18. The van der Waals surface area contributed by atoms with Crippen LogP contribution in [0.4, 0.5) is 4.79 Å². The molecule has 0 heterocycles. The van der Waals surface area contributed by atoms with Crippen LogP contribution in [0.25, 0.3) is 0 Å². The Morgan fingerprint density at radius 2 is 1.88 bits per heavy atom. The normalized spacial score (nSPS) is 11.6. The van der Waals surface area contributed by atoms with Crippen LogP contribution in [-0.2, 0) is 22.6 Å². The number of amides is 1. The molecule has 2 rings (SSSR count). The van der Waals surface area contributed by atoms with E-state index in [0.717, 1.165) is 16.7 Å². The molecule has 0 saturated heterocycles. The number of rotatable bonds is 6. The summed E-state index contributed by atoms with van der Waals surface area (Å²) in [4.78, 5) is 23.2. The van der Waals surface area contributed by atoms with Gasteiger partial charge in [0.15, 0.2) is 0 Å². The molecule has 0 aliphatic carbocycles. The van der Waals surface area contributed by atoms with Gasteiger partial charge in [-0.05, 0) is 29.7 Å². The number of benzene rings is 2. The number of carbonyl (C=O) groups is 2. The van der Waals surface area contributed by atoms with E-state index < -0.39 is 18.1 Å². The van der Waals surface area contributed by atoms with Crippen LogP contribution in [0.3, 0.4) is 0 Å². The topological polar surface area (TPSA) is 75.6 Å². The summed E-state index contributed by atoms with van der Waals surface area (Å²) >= 11 is 5.96. The SMILES string of the molecule is Cc1cc(CC(NC(=O)OCc2ccccc2)C(=O)O)ccc1Cl. The Morgan fingerprint density at radius 3 is 2.50 bits per heavy atom. The minimum Gasteiger partial charge on any atom is -0.480 e. The van der Waals surface area contributed by atoms with Crippen molar-refractivity contribution in [1.82, 2.24) is 5.32 Å². The third-order valence-corrected chi connectivity index (χ3v) is 3.89. The quantitative estimate of drug-likeness (QED) is 0.837. The van der Waals surface area contributed by atoms with Gasteiger partial charge in [0.1, 0.15) is 12.6 Å². The summed E-state index contributed by atoms with van der Waals surface area (Å²) in [6.07, 6.45) is -0.620. The molecule has 0 aliphatic rings.